The molecule has 4 nitrogen and oxygen atoms in total. The van der Waals surface area contributed by atoms with Gasteiger partial charge >= 0.3 is 5.97 Å². The normalized spacial score (nSPS) is 26.4. The van der Waals surface area contributed by atoms with Crippen LogP contribution in [0.1, 0.15) is 59.8 Å². The molecule has 5 heteroatoms. The van der Waals surface area contributed by atoms with Crippen molar-refractivity contribution >= 4 is 17.7 Å². The Morgan fingerprint density at radius 3 is 2.38 bits per heavy atom. The number of thioether (sulfide) groups is 1. The van der Waals surface area contributed by atoms with Gasteiger partial charge in [-0.15, -0.1) is 0 Å². The Labute approximate surface area is 150 Å². The maximum Gasteiger partial charge on any atom is 0.348 e. The van der Waals surface area contributed by atoms with Gasteiger partial charge < -0.3 is 14.4 Å². The van der Waals surface area contributed by atoms with Crippen molar-refractivity contribution in [2.75, 3.05) is 19.7 Å². The van der Waals surface area contributed by atoms with Crippen LogP contribution in [0.3, 0.4) is 0 Å². The second kappa shape index (κ2) is 9.52. The molecule has 1 aliphatic carbocycles. The molecule has 0 bridgehead atoms. The van der Waals surface area contributed by atoms with Crippen LogP contribution in [0, 0.1) is 0 Å². The van der Waals surface area contributed by atoms with Gasteiger partial charge in [0.25, 0.3) is 0 Å². The molecule has 0 N–H and O–H groups in total. The van der Waals surface area contributed by atoms with E-state index in [9.17, 15) is 4.79 Å². The van der Waals surface area contributed by atoms with Crippen molar-refractivity contribution in [1.29, 1.82) is 0 Å². The number of esters is 1. The lowest BCUT2D eigenvalue weighted by molar-refractivity contribution is -0.137. The molecule has 0 aromatic heterocycles. The van der Waals surface area contributed by atoms with E-state index >= 15 is 0 Å². The summed E-state index contributed by atoms with van der Waals surface area (Å²) in [6.45, 7) is 10.6. The molecular weight excluding hydrogens is 322 g/mol. The minimum Gasteiger partial charge on any atom is -0.494 e. The van der Waals surface area contributed by atoms with E-state index in [0.29, 0.717) is 17.3 Å². The minimum absolute atomic E-state index is 0.221. The molecule has 1 aliphatic heterocycles. The van der Waals surface area contributed by atoms with Crippen LogP contribution in [0.4, 0.5) is 0 Å². The van der Waals surface area contributed by atoms with Crippen molar-refractivity contribution in [1.82, 2.24) is 4.90 Å². The number of ether oxygens (including phenoxy) is 2. The Morgan fingerprint density at radius 1 is 1.21 bits per heavy atom. The highest BCUT2D eigenvalue weighted by Crippen LogP contribution is 2.33. The fraction of sp³-hybridized carbons (Fsp3) is 0.737. The van der Waals surface area contributed by atoms with Crippen LogP contribution in [0.15, 0.2) is 21.6 Å². The largest absolute Gasteiger partial charge is 0.494 e. The average Bonchev–Trinajstić information content (AvgIpc) is 2.52. The third-order valence-electron chi connectivity index (χ3n) is 4.84. The van der Waals surface area contributed by atoms with E-state index in [-0.39, 0.29) is 12.1 Å². The van der Waals surface area contributed by atoms with Gasteiger partial charge in [-0.25, -0.2) is 4.79 Å². The Morgan fingerprint density at radius 2 is 1.88 bits per heavy atom. The molecule has 2 rings (SSSR count). The summed E-state index contributed by atoms with van der Waals surface area (Å²) in [5.74, 6) is 0.419. The van der Waals surface area contributed by atoms with E-state index in [4.69, 9.17) is 9.47 Å². The second-order valence-corrected chi connectivity index (χ2v) is 7.80. The first-order valence-electron chi connectivity index (χ1n) is 9.14. The highest BCUT2D eigenvalue weighted by Gasteiger charge is 2.30. The number of likely N-dealkylation sites (tertiary alicyclic amines) is 1. The zero-order valence-electron chi connectivity index (χ0n) is 15.5. The highest BCUT2D eigenvalue weighted by atomic mass is 32.2. The van der Waals surface area contributed by atoms with Crippen molar-refractivity contribution in [2.24, 2.45) is 0 Å². The zero-order chi connectivity index (χ0) is 17.5. The average molecular weight is 354 g/mol. The third kappa shape index (κ3) is 5.28. The van der Waals surface area contributed by atoms with Crippen LogP contribution in [0.25, 0.3) is 0 Å². The summed E-state index contributed by atoms with van der Waals surface area (Å²) in [4.78, 5) is 16.5. The monoisotopic (exact) mass is 353 g/mol. The molecule has 136 valence electrons. The van der Waals surface area contributed by atoms with Crippen molar-refractivity contribution < 1.29 is 14.3 Å². The van der Waals surface area contributed by atoms with Crippen molar-refractivity contribution in [2.45, 2.75) is 71.9 Å². The number of hydrogen-bond acceptors (Lipinski definition) is 5. The van der Waals surface area contributed by atoms with Crippen molar-refractivity contribution in [3.05, 3.63) is 21.6 Å². The van der Waals surface area contributed by atoms with Crippen molar-refractivity contribution in [3.63, 3.8) is 0 Å². The van der Waals surface area contributed by atoms with Crippen LogP contribution in [-0.2, 0) is 14.3 Å². The molecule has 0 unspecified atom stereocenters. The molecule has 2 fully saturated rings. The molecule has 0 amide bonds. The van der Waals surface area contributed by atoms with Gasteiger partial charge in [0, 0.05) is 6.04 Å². The number of hydrogen-bond donors (Lipinski definition) is 0. The van der Waals surface area contributed by atoms with Gasteiger partial charge in [-0.05, 0) is 77.8 Å². The number of carbonyl (C=O) groups excluding carboxylic acids is 1. The smallest absolute Gasteiger partial charge is 0.348 e. The topological polar surface area (TPSA) is 38.8 Å². The summed E-state index contributed by atoms with van der Waals surface area (Å²) in [6.07, 6.45) is 8.11. The maximum atomic E-state index is 12.3. The fourth-order valence-corrected chi connectivity index (χ4v) is 3.99. The van der Waals surface area contributed by atoms with Gasteiger partial charge in [-0.1, -0.05) is 17.8 Å². The van der Waals surface area contributed by atoms with Crippen molar-refractivity contribution in [3.8, 4) is 0 Å². The number of nitrogens with zero attached hydrogens (tertiary/aromatic N) is 1. The minimum atomic E-state index is -0.282. The molecule has 1 saturated heterocycles. The Bertz CT molecular complexity index is 489. The molecular formula is C19H31NO3S. The van der Waals surface area contributed by atoms with Crippen LogP contribution in [-0.4, -0.2) is 42.7 Å². The lowest BCUT2D eigenvalue weighted by Gasteiger charge is -2.42. The molecule has 0 spiro atoms. The summed E-state index contributed by atoms with van der Waals surface area (Å²) < 4.78 is 11.4. The van der Waals surface area contributed by atoms with E-state index in [0.717, 1.165) is 23.8 Å². The Hall–Kier alpha value is -0.940. The standard InChI is InChI=1S/C19H31NO3S/c1-5-14(3)24-18(19(21)22-6-2)15(4)23-17-10-8-16(9-11-17)20-12-7-13-20/h5,16-17H,6-13H2,1-4H3/b14-5?,18-15+. The van der Waals surface area contributed by atoms with Gasteiger partial charge in [-0.2, -0.15) is 0 Å². The molecule has 0 radical (unpaired) electrons. The van der Waals surface area contributed by atoms with Crippen LogP contribution >= 0.6 is 11.8 Å². The Balaban J connectivity index is 1.95. The van der Waals surface area contributed by atoms with Crippen LogP contribution < -0.4 is 0 Å². The summed E-state index contributed by atoms with van der Waals surface area (Å²) in [5, 5.41) is 0. The van der Waals surface area contributed by atoms with Gasteiger partial charge in [0.15, 0.2) is 0 Å². The summed E-state index contributed by atoms with van der Waals surface area (Å²) in [5.41, 5.74) is 0. The van der Waals surface area contributed by atoms with E-state index in [1.807, 2.05) is 33.8 Å². The van der Waals surface area contributed by atoms with E-state index < -0.39 is 0 Å². The van der Waals surface area contributed by atoms with Gasteiger partial charge in [0.1, 0.15) is 10.7 Å². The van der Waals surface area contributed by atoms with Crippen LogP contribution in [0.5, 0.6) is 0 Å². The first-order chi connectivity index (χ1) is 11.5. The molecule has 1 saturated carbocycles. The van der Waals surface area contributed by atoms with Gasteiger partial charge in [0.05, 0.1) is 12.7 Å². The van der Waals surface area contributed by atoms with Gasteiger partial charge in [0.2, 0.25) is 0 Å². The zero-order valence-corrected chi connectivity index (χ0v) is 16.3. The summed E-state index contributed by atoms with van der Waals surface area (Å²) in [7, 11) is 0. The molecule has 0 atom stereocenters. The molecule has 24 heavy (non-hydrogen) atoms. The highest BCUT2D eigenvalue weighted by molar-refractivity contribution is 8.07. The summed E-state index contributed by atoms with van der Waals surface area (Å²) >= 11 is 1.44. The lowest BCUT2D eigenvalue weighted by atomic mass is 9.90. The lowest BCUT2D eigenvalue weighted by Crippen LogP contribution is -2.47. The van der Waals surface area contributed by atoms with E-state index in [2.05, 4.69) is 4.90 Å². The molecule has 1 heterocycles. The predicted molar refractivity (Wildman–Crippen MR) is 99.7 cm³/mol. The predicted octanol–water partition coefficient (Wildman–Crippen LogP) is 4.47. The molecule has 0 aromatic rings. The summed E-state index contributed by atoms with van der Waals surface area (Å²) in [6, 6.07) is 0.743. The maximum absolute atomic E-state index is 12.3. The van der Waals surface area contributed by atoms with E-state index in [1.54, 1.807) is 0 Å². The SMILES string of the molecule is CC=C(C)S/C(C(=O)OCC)=C(\C)OC1CCC(N2CCC2)CC1. The first-order valence-corrected chi connectivity index (χ1v) is 9.96. The number of rotatable bonds is 7. The number of carbonyl (C=O) groups is 1. The number of allylic oxidation sites excluding steroid dienone is 3. The fourth-order valence-electron chi connectivity index (χ4n) is 3.21. The third-order valence-corrected chi connectivity index (χ3v) is 6.06. The van der Waals surface area contributed by atoms with E-state index in [1.165, 1.54) is 44.1 Å². The van der Waals surface area contributed by atoms with Crippen LogP contribution in [0.2, 0.25) is 0 Å². The first kappa shape index (κ1) is 19.4. The second-order valence-electron chi connectivity index (χ2n) is 6.55. The quantitative estimate of drug-likeness (QED) is 0.383. The molecule has 0 aromatic carbocycles. The molecule has 2 aliphatic rings. The van der Waals surface area contributed by atoms with Gasteiger partial charge in [-0.3, -0.25) is 0 Å². The Kier molecular flexibility index (Phi) is 7.69.